The summed E-state index contributed by atoms with van der Waals surface area (Å²) in [5.74, 6) is -0.0800. The lowest BCUT2D eigenvalue weighted by atomic mass is 9.97. The number of aryl methyl sites for hydroxylation is 1. The van der Waals surface area contributed by atoms with Crippen LogP contribution in [0.15, 0.2) is 12.1 Å². The van der Waals surface area contributed by atoms with Crippen LogP contribution >= 0.6 is 0 Å². The van der Waals surface area contributed by atoms with Crippen molar-refractivity contribution >= 4 is 0 Å². The van der Waals surface area contributed by atoms with Crippen molar-refractivity contribution in [1.29, 1.82) is 5.26 Å². The number of rotatable bonds is 0. The SMILES string of the molecule is Cc1ccc2c(n1)C(C#N)CNC2. The number of nitrogens with zero attached hydrogens (tertiary/aromatic N) is 2. The second-order valence-electron chi connectivity index (χ2n) is 3.31. The molecular formula is C10H11N3. The second kappa shape index (κ2) is 3.15. The van der Waals surface area contributed by atoms with Crippen LogP contribution in [0.25, 0.3) is 0 Å². The van der Waals surface area contributed by atoms with Crippen molar-refractivity contribution in [1.82, 2.24) is 10.3 Å². The van der Waals surface area contributed by atoms with Gasteiger partial charge in [-0.2, -0.15) is 5.26 Å². The average Bonchev–Trinajstić information content (AvgIpc) is 2.17. The van der Waals surface area contributed by atoms with E-state index in [-0.39, 0.29) is 5.92 Å². The van der Waals surface area contributed by atoms with Crippen molar-refractivity contribution in [2.45, 2.75) is 19.4 Å². The Morgan fingerprint density at radius 3 is 3.23 bits per heavy atom. The van der Waals surface area contributed by atoms with Crippen molar-refractivity contribution in [3.8, 4) is 6.07 Å². The van der Waals surface area contributed by atoms with Crippen LogP contribution in [-0.2, 0) is 6.54 Å². The summed E-state index contributed by atoms with van der Waals surface area (Å²) in [5.41, 5.74) is 3.10. The predicted octanol–water partition coefficient (Wildman–Crippen LogP) is 1.10. The van der Waals surface area contributed by atoms with E-state index in [4.69, 9.17) is 5.26 Å². The van der Waals surface area contributed by atoms with Gasteiger partial charge >= 0.3 is 0 Å². The normalized spacial score (nSPS) is 20.5. The highest BCUT2D eigenvalue weighted by atomic mass is 14.9. The standard InChI is InChI=1S/C10H11N3/c1-7-2-3-8-5-12-6-9(4-11)10(8)13-7/h2-3,9,12H,5-6H2,1H3. The third-order valence-electron chi connectivity index (χ3n) is 2.30. The average molecular weight is 173 g/mol. The second-order valence-corrected chi connectivity index (χ2v) is 3.31. The minimum atomic E-state index is -0.0800. The highest BCUT2D eigenvalue weighted by Crippen LogP contribution is 2.21. The molecule has 0 spiro atoms. The molecule has 2 rings (SSSR count). The number of nitrogens with one attached hydrogen (secondary N) is 1. The molecule has 1 aromatic rings. The molecule has 0 radical (unpaired) electrons. The van der Waals surface area contributed by atoms with Gasteiger partial charge in [-0.3, -0.25) is 4.98 Å². The Morgan fingerprint density at radius 1 is 1.62 bits per heavy atom. The first-order valence-corrected chi connectivity index (χ1v) is 4.38. The first kappa shape index (κ1) is 8.21. The molecule has 0 fully saturated rings. The van der Waals surface area contributed by atoms with E-state index in [0.29, 0.717) is 0 Å². The van der Waals surface area contributed by atoms with Gasteiger partial charge in [-0.15, -0.1) is 0 Å². The number of fused-ring (bicyclic) bond motifs is 1. The van der Waals surface area contributed by atoms with Gasteiger partial charge in [0, 0.05) is 18.8 Å². The van der Waals surface area contributed by atoms with E-state index >= 15 is 0 Å². The van der Waals surface area contributed by atoms with Crippen LogP contribution in [0.2, 0.25) is 0 Å². The van der Waals surface area contributed by atoms with Gasteiger partial charge in [0.15, 0.2) is 0 Å². The number of aromatic nitrogens is 1. The summed E-state index contributed by atoms with van der Waals surface area (Å²) in [7, 11) is 0. The zero-order valence-electron chi connectivity index (χ0n) is 7.54. The van der Waals surface area contributed by atoms with Crippen LogP contribution in [0.4, 0.5) is 0 Å². The third kappa shape index (κ3) is 1.41. The van der Waals surface area contributed by atoms with Gasteiger partial charge < -0.3 is 5.32 Å². The summed E-state index contributed by atoms with van der Waals surface area (Å²) in [5, 5.41) is 12.1. The van der Waals surface area contributed by atoms with Gasteiger partial charge in [0.25, 0.3) is 0 Å². The Kier molecular flexibility index (Phi) is 1.99. The largest absolute Gasteiger partial charge is 0.311 e. The molecule has 1 atom stereocenters. The van der Waals surface area contributed by atoms with E-state index < -0.39 is 0 Å². The summed E-state index contributed by atoms with van der Waals surface area (Å²) in [6.45, 7) is 3.51. The molecule has 1 N–H and O–H groups in total. The van der Waals surface area contributed by atoms with Gasteiger partial charge in [0.1, 0.15) is 5.92 Å². The van der Waals surface area contributed by atoms with E-state index in [1.165, 1.54) is 0 Å². The maximum Gasteiger partial charge on any atom is 0.101 e. The number of nitriles is 1. The molecule has 0 saturated carbocycles. The molecule has 0 bridgehead atoms. The van der Waals surface area contributed by atoms with Crippen LogP contribution in [-0.4, -0.2) is 11.5 Å². The molecule has 1 aliphatic rings. The molecule has 1 unspecified atom stereocenters. The Bertz CT molecular complexity index is 365. The zero-order valence-corrected chi connectivity index (χ0v) is 7.54. The Balaban J connectivity index is 2.49. The summed E-state index contributed by atoms with van der Waals surface area (Å²) in [4.78, 5) is 4.40. The molecule has 66 valence electrons. The fourth-order valence-corrected chi connectivity index (χ4v) is 1.61. The van der Waals surface area contributed by atoms with Crippen LogP contribution in [0.3, 0.4) is 0 Å². The Labute approximate surface area is 77.4 Å². The molecule has 0 amide bonds. The first-order valence-electron chi connectivity index (χ1n) is 4.38. The molecular weight excluding hydrogens is 162 g/mol. The lowest BCUT2D eigenvalue weighted by Crippen LogP contribution is -2.28. The molecule has 0 saturated heterocycles. The zero-order chi connectivity index (χ0) is 9.26. The third-order valence-corrected chi connectivity index (χ3v) is 2.30. The summed E-state index contributed by atoms with van der Waals surface area (Å²) >= 11 is 0. The Hall–Kier alpha value is -1.40. The monoisotopic (exact) mass is 173 g/mol. The van der Waals surface area contributed by atoms with Crippen molar-refractivity contribution in [2.75, 3.05) is 6.54 Å². The molecule has 3 heteroatoms. The summed E-state index contributed by atoms with van der Waals surface area (Å²) in [6.07, 6.45) is 0. The van der Waals surface area contributed by atoms with Crippen LogP contribution in [0, 0.1) is 18.3 Å². The maximum absolute atomic E-state index is 8.90. The van der Waals surface area contributed by atoms with E-state index in [9.17, 15) is 0 Å². The molecule has 1 aromatic heterocycles. The minimum Gasteiger partial charge on any atom is -0.311 e. The van der Waals surface area contributed by atoms with Crippen molar-refractivity contribution < 1.29 is 0 Å². The van der Waals surface area contributed by atoms with Gasteiger partial charge in [-0.1, -0.05) is 6.07 Å². The van der Waals surface area contributed by atoms with Crippen LogP contribution < -0.4 is 5.32 Å². The van der Waals surface area contributed by atoms with Gasteiger partial charge in [-0.05, 0) is 18.6 Å². The highest BCUT2D eigenvalue weighted by molar-refractivity contribution is 5.31. The van der Waals surface area contributed by atoms with Crippen molar-refractivity contribution in [2.24, 2.45) is 0 Å². The van der Waals surface area contributed by atoms with E-state index in [2.05, 4.69) is 16.4 Å². The highest BCUT2D eigenvalue weighted by Gasteiger charge is 2.20. The summed E-state index contributed by atoms with van der Waals surface area (Å²) < 4.78 is 0. The molecule has 0 aliphatic carbocycles. The Morgan fingerprint density at radius 2 is 2.46 bits per heavy atom. The molecule has 13 heavy (non-hydrogen) atoms. The van der Waals surface area contributed by atoms with E-state index in [0.717, 1.165) is 30.0 Å². The van der Waals surface area contributed by atoms with E-state index in [1.54, 1.807) is 0 Å². The number of hydrogen-bond donors (Lipinski definition) is 1. The lowest BCUT2D eigenvalue weighted by molar-refractivity contribution is 0.591. The van der Waals surface area contributed by atoms with Gasteiger partial charge in [-0.25, -0.2) is 0 Å². The maximum atomic E-state index is 8.90. The fourth-order valence-electron chi connectivity index (χ4n) is 1.61. The lowest BCUT2D eigenvalue weighted by Gasteiger charge is -2.20. The van der Waals surface area contributed by atoms with Crippen LogP contribution in [0.1, 0.15) is 22.9 Å². The first-order chi connectivity index (χ1) is 6.31. The van der Waals surface area contributed by atoms with Crippen molar-refractivity contribution in [3.63, 3.8) is 0 Å². The van der Waals surface area contributed by atoms with Crippen LogP contribution in [0.5, 0.6) is 0 Å². The predicted molar refractivity (Wildman–Crippen MR) is 49.0 cm³/mol. The topological polar surface area (TPSA) is 48.7 Å². The quantitative estimate of drug-likeness (QED) is 0.639. The van der Waals surface area contributed by atoms with Crippen molar-refractivity contribution in [3.05, 3.63) is 29.1 Å². The molecule has 3 nitrogen and oxygen atoms in total. The molecule has 2 heterocycles. The fraction of sp³-hybridized carbons (Fsp3) is 0.400. The molecule has 1 aliphatic heterocycles. The van der Waals surface area contributed by atoms with Gasteiger partial charge in [0.2, 0.25) is 0 Å². The minimum absolute atomic E-state index is 0.0800. The molecule has 0 aromatic carbocycles. The summed E-state index contributed by atoms with van der Waals surface area (Å²) in [6, 6.07) is 6.30. The smallest absolute Gasteiger partial charge is 0.101 e. The number of hydrogen-bond acceptors (Lipinski definition) is 3. The van der Waals surface area contributed by atoms with Gasteiger partial charge in [0.05, 0.1) is 11.8 Å². The number of pyridine rings is 1. The van der Waals surface area contributed by atoms with E-state index in [1.807, 2.05) is 19.1 Å².